The molecule has 0 fully saturated rings. The van der Waals surface area contributed by atoms with E-state index in [0.29, 0.717) is 12.2 Å². The predicted molar refractivity (Wildman–Crippen MR) is 55.2 cm³/mol. The van der Waals surface area contributed by atoms with Gasteiger partial charge in [0.15, 0.2) is 0 Å². The first kappa shape index (κ1) is 11.3. The third-order valence-corrected chi connectivity index (χ3v) is 2.07. The topological polar surface area (TPSA) is 71.2 Å². The van der Waals surface area contributed by atoms with E-state index in [1.807, 2.05) is 0 Å². The first-order valence-electron chi connectivity index (χ1n) is 4.71. The number of hydrogen-bond acceptors (Lipinski definition) is 3. The summed E-state index contributed by atoms with van der Waals surface area (Å²) in [6.07, 6.45) is 2.11. The van der Waals surface area contributed by atoms with E-state index < -0.39 is 11.9 Å². The number of aromatic nitrogens is 1. The fourth-order valence-electron chi connectivity index (χ4n) is 1.23. The predicted octanol–water partition coefficient (Wildman–Crippen LogP) is 1.15. The van der Waals surface area contributed by atoms with Crippen LogP contribution in [-0.2, 0) is 14.3 Å². The van der Waals surface area contributed by atoms with Gasteiger partial charge in [0.25, 0.3) is 0 Å². The van der Waals surface area contributed by atoms with Crippen LogP contribution >= 0.6 is 0 Å². The molecule has 0 radical (unpaired) electrons. The molecule has 0 aliphatic rings. The number of H-pyrrole nitrogens is 1. The van der Waals surface area contributed by atoms with Crippen molar-refractivity contribution in [2.75, 3.05) is 12.4 Å². The number of methoxy groups -OCH3 is 1. The van der Waals surface area contributed by atoms with Crippen molar-refractivity contribution in [3.05, 3.63) is 18.3 Å². The second kappa shape index (κ2) is 5.19. The Hall–Kier alpha value is -1.78. The van der Waals surface area contributed by atoms with Crippen molar-refractivity contribution >= 4 is 17.7 Å². The van der Waals surface area contributed by atoms with E-state index in [0.717, 1.165) is 0 Å². The van der Waals surface area contributed by atoms with Gasteiger partial charge in [0, 0.05) is 6.20 Å². The number of ether oxygens (including phenoxy) is 1. The quantitative estimate of drug-likeness (QED) is 0.578. The summed E-state index contributed by atoms with van der Waals surface area (Å²) in [6, 6.07) is 3.47. The van der Waals surface area contributed by atoms with E-state index >= 15 is 0 Å². The van der Waals surface area contributed by atoms with Crippen LogP contribution in [0.5, 0.6) is 0 Å². The number of carbonyl (C=O) groups excluding carboxylic acids is 2. The van der Waals surface area contributed by atoms with Gasteiger partial charge in [0.1, 0.15) is 11.7 Å². The minimum Gasteiger partial charge on any atom is -0.468 e. The third-order valence-electron chi connectivity index (χ3n) is 2.07. The Labute approximate surface area is 87.8 Å². The van der Waals surface area contributed by atoms with Crippen LogP contribution in [-0.4, -0.2) is 24.0 Å². The summed E-state index contributed by atoms with van der Waals surface area (Å²) in [5, 5.41) is 2.59. The molecule has 1 aromatic heterocycles. The van der Waals surface area contributed by atoms with Crippen molar-refractivity contribution in [1.29, 1.82) is 0 Å². The van der Waals surface area contributed by atoms with Crippen LogP contribution in [0.2, 0.25) is 0 Å². The van der Waals surface area contributed by atoms with Gasteiger partial charge in [-0.1, -0.05) is 6.92 Å². The number of amides is 1. The molecule has 0 aliphatic heterocycles. The molecule has 1 heterocycles. The van der Waals surface area contributed by atoms with Crippen molar-refractivity contribution in [3.63, 3.8) is 0 Å². The van der Waals surface area contributed by atoms with Crippen LogP contribution in [0.4, 0.5) is 5.82 Å². The molecule has 0 saturated carbocycles. The molecule has 1 aromatic rings. The first-order valence-corrected chi connectivity index (χ1v) is 4.71. The summed E-state index contributed by atoms with van der Waals surface area (Å²) in [4.78, 5) is 25.6. The van der Waals surface area contributed by atoms with Gasteiger partial charge in [-0.2, -0.15) is 0 Å². The molecule has 82 valence electrons. The van der Waals surface area contributed by atoms with Crippen LogP contribution in [0.25, 0.3) is 0 Å². The van der Waals surface area contributed by atoms with Gasteiger partial charge in [-0.05, 0) is 18.6 Å². The number of hydrogen-bond donors (Lipinski definition) is 2. The average Bonchev–Trinajstić information content (AvgIpc) is 2.71. The molecule has 5 nitrogen and oxygen atoms in total. The number of nitrogens with one attached hydrogen (secondary N) is 2. The van der Waals surface area contributed by atoms with Crippen LogP contribution in [0.1, 0.15) is 13.3 Å². The van der Waals surface area contributed by atoms with Crippen molar-refractivity contribution in [2.24, 2.45) is 5.92 Å². The molecule has 0 saturated heterocycles. The second-order valence-electron chi connectivity index (χ2n) is 3.06. The molecule has 1 atom stereocenters. The molecular weight excluding hydrogens is 196 g/mol. The lowest BCUT2D eigenvalue weighted by Gasteiger charge is -2.11. The van der Waals surface area contributed by atoms with E-state index in [4.69, 9.17) is 0 Å². The number of anilines is 1. The van der Waals surface area contributed by atoms with Gasteiger partial charge in [-0.3, -0.25) is 9.59 Å². The van der Waals surface area contributed by atoms with Gasteiger partial charge in [0.2, 0.25) is 5.91 Å². The molecule has 15 heavy (non-hydrogen) atoms. The Kier molecular flexibility index (Phi) is 3.91. The second-order valence-corrected chi connectivity index (χ2v) is 3.06. The summed E-state index contributed by atoms with van der Waals surface area (Å²) in [7, 11) is 1.27. The number of carbonyl (C=O) groups is 2. The third kappa shape index (κ3) is 2.83. The maximum Gasteiger partial charge on any atom is 0.318 e. The SMILES string of the molecule is CCC(C(=O)Nc1ccc[nH]1)C(=O)OC. The normalized spacial score (nSPS) is 11.9. The molecule has 1 unspecified atom stereocenters. The van der Waals surface area contributed by atoms with Gasteiger partial charge in [-0.15, -0.1) is 0 Å². The zero-order chi connectivity index (χ0) is 11.3. The standard InChI is InChI=1S/C10H14N2O3/c1-3-7(10(14)15-2)9(13)12-8-5-4-6-11-8/h4-7,11H,3H2,1-2H3,(H,12,13). The van der Waals surface area contributed by atoms with E-state index in [-0.39, 0.29) is 5.91 Å². The fourth-order valence-corrected chi connectivity index (χ4v) is 1.23. The smallest absolute Gasteiger partial charge is 0.318 e. The summed E-state index contributed by atoms with van der Waals surface area (Å²) < 4.78 is 4.53. The van der Waals surface area contributed by atoms with Gasteiger partial charge < -0.3 is 15.0 Å². The van der Waals surface area contributed by atoms with Crippen LogP contribution in [0.3, 0.4) is 0 Å². The zero-order valence-electron chi connectivity index (χ0n) is 8.74. The molecule has 0 spiro atoms. The highest BCUT2D eigenvalue weighted by Crippen LogP contribution is 2.09. The Morgan fingerprint density at radius 3 is 2.80 bits per heavy atom. The van der Waals surface area contributed by atoms with E-state index in [9.17, 15) is 9.59 Å². The molecule has 1 amide bonds. The fraction of sp³-hybridized carbons (Fsp3) is 0.400. The molecule has 5 heteroatoms. The average molecular weight is 210 g/mol. The van der Waals surface area contributed by atoms with Crippen LogP contribution in [0, 0.1) is 5.92 Å². The van der Waals surface area contributed by atoms with Crippen molar-refractivity contribution in [2.45, 2.75) is 13.3 Å². The zero-order valence-corrected chi connectivity index (χ0v) is 8.74. The molecule has 2 N–H and O–H groups in total. The van der Waals surface area contributed by atoms with Crippen molar-refractivity contribution < 1.29 is 14.3 Å². The lowest BCUT2D eigenvalue weighted by Crippen LogP contribution is -2.30. The van der Waals surface area contributed by atoms with Crippen molar-refractivity contribution in [1.82, 2.24) is 4.98 Å². The van der Waals surface area contributed by atoms with E-state index in [1.54, 1.807) is 25.3 Å². The van der Waals surface area contributed by atoms with Gasteiger partial charge in [-0.25, -0.2) is 0 Å². The Morgan fingerprint density at radius 2 is 2.33 bits per heavy atom. The Morgan fingerprint density at radius 1 is 1.60 bits per heavy atom. The van der Waals surface area contributed by atoms with Crippen LogP contribution in [0.15, 0.2) is 18.3 Å². The highest BCUT2D eigenvalue weighted by molar-refractivity contribution is 6.04. The molecular formula is C10H14N2O3. The summed E-state index contributed by atoms with van der Waals surface area (Å²) >= 11 is 0. The van der Waals surface area contributed by atoms with Gasteiger partial charge >= 0.3 is 5.97 Å². The van der Waals surface area contributed by atoms with Crippen LogP contribution < -0.4 is 5.32 Å². The minimum absolute atomic E-state index is 0.355. The monoisotopic (exact) mass is 210 g/mol. The lowest BCUT2D eigenvalue weighted by atomic mass is 10.1. The summed E-state index contributed by atoms with van der Waals surface area (Å²) in [5.41, 5.74) is 0. The minimum atomic E-state index is -0.752. The van der Waals surface area contributed by atoms with E-state index in [2.05, 4.69) is 15.0 Å². The van der Waals surface area contributed by atoms with E-state index in [1.165, 1.54) is 7.11 Å². The number of esters is 1. The highest BCUT2D eigenvalue weighted by Gasteiger charge is 2.25. The molecule has 0 bridgehead atoms. The molecule has 0 aromatic carbocycles. The Bertz CT molecular complexity index is 332. The molecule has 0 aliphatic carbocycles. The van der Waals surface area contributed by atoms with Gasteiger partial charge in [0.05, 0.1) is 7.11 Å². The Balaban J connectivity index is 2.62. The van der Waals surface area contributed by atoms with Crippen molar-refractivity contribution in [3.8, 4) is 0 Å². The number of rotatable bonds is 4. The first-order chi connectivity index (χ1) is 7.19. The lowest BCUT2D eigenvalue weighted by molar-refractivity contribution is -0.148. The summed E-state index contributed by atoms with van der Waals surface area (Å²) in [6.45, 7) is 1.76. The largest absolute Gasteiger partial charge is 0.468 e. The highest BCUT2D eigenvalue weighted by atomic mass is 16.5. The summed E-state index contributed by atoms with van der Waals surface area (Å²) in [5.74, 6) is -1.05. The maximum absolute atomic E-state index is 11.6. The number of aromatic amines is 1. The maximum atomic E-state index is 11.6. The molecule has 1 rings (SSSR count).